The van der Waals surface area contributed by atoms with Crippen LogP contribution in [0.15, 0.2) is 66.7 Å². The van der Waals surface area contributed by atoms with E-state index >= 15 is 0 Å². The first-order chi connectivity index (χ1) is 17.5. The molecule has 1 fully saturated rings. The molecule has 1 aliphatic rings. The summed E-state index contributed by atoms with van der Waals surface area (Å²) in [6.45, 7) is 10.3. The molecule has 1 amide bonds. The molecule has 0 unspecified atom stereocenters. The van der Waals surface area contributed by atoms with Crippen molar-refractivity contribution in [2.45, 2.75) is 27.3 Å². The average Bonchev–Trinajstić information content (AvgIpc) is 3.41. The molecule has 3 heterocycles. The van der Waals surface area contributed by atoms with Crippen LogP contribution < -0.4 is 0 Å². The van der Waals surface area contributed by atoms with Gasteiger partial charge in [0.1, 0.15) is 0 Å². The number of carbonyl (C=O) groups is 1. The van der Waals surface area contributed by atoms with Crippen LogP contribution in [0.3, 0.4) is 0 Å². The van der Waals surface area contributed by atoms with Gasteiger partial charge in [-0.3, -0.25) is 14.1 Å². The minimum absolute atomic E-state index is 0.126. The monoisotopic (exact) mass is 494 g/mol. The SMILES string of the molecule is Cc1ccc(C(=O)N2CCN(Cc3c(-c4ccc(C)cc4)nc4sc5cc(C)ccc5n34)CC2)cc1. The normalized spacial score (nSPS) is 14.7. The molecule has 0 bridgehead atoms. The van der Waals surface area contributed by atoms with Crippen molar-refractivity contribution < 1.29 is 4.79 Å². The molecule has 0 N–H and O–H groups in total. The molecular weight excluding hydrogens is 464 g/mol. The Morgan fingerprint density at radius 2 is 1.47 bits per heavy atom. The number of aryl methyl sites for hydroxylation is 3. The molecule has 182 valence electrons. The summed E-state index contributed by atoms with van der Waals surface area (Å²) in [5.74, 6) is 0.126. The number of rotatable bonds is 4. The summed E-state index contributed by atoms with van der Waals surface area (Å²) in [7, 11) is 0. The molecule has 0 spiro atoms. The maximum Gasteiger partial charge on any atom is 0.253 e. The Hall–Kier alpha value is -3.48. The van der Waals surface area contributed by atoms with E-state index in [2.05, 4.69) is 65.6 Å². The van der Waals surface area contributed by atoms with Gasteiger partial charge in [0.25, 0.3) is 5.91 Å². The van der Waals surface area contributed by atoms with Crippen LogP contribution in [-0.4, -0.2) is 51.3 Å². The average molecular weight is 495 g/mol. The highest BCUT2D eigenvalue weighted by Crippen LogP contribution is 2.34. The van der Waals surface area contributed by atoms with Crippen LogP contribution in [0.5, 0.6) is 0 Å². The second-order valence-corrected chi connectivity index (χ2v) is 10.9. The third kappa shape index (κ3) is 4.21. The number of aromatic nitrogens is 2. The van der Waals surface area contributed by atoms with Gasteiger partial charge in [-0.25, -0.2) is 4.98 Å². The predicted octanol–water partition coefficient (Wildman–Crippen LogP) is 6.10. The van der Waals surface area contributed by atoms with Crippen molar-refractivity contribution in [3.05, 3.63) is 94.7 Å². The van der Waals surface area contributed by atoms with E-state index in [9.17, 15) is 4.79 Å². The molecule has 6 rings (SSSR count). The van der Waals surface area contributed by atoms with Gasteiger partial charge in [-0.1, -0.05) is 64.9 Å². The first-order valence-corrected chi connectivity index (χ1v) is 13.3. The number of amides is 1. The zero-order chi connectivity index (χ0) is 24.8. The molecule has 0 atom stereocenters. The lowest BCUT2D eigenvalue weighted by Gasteiger charge is -2.34. The first-order valence-electron chi connectivity index (χ1n) is 12.5. The first kappa shape index (κ1) is 23.0. The molecule has 0 radical (unpaired) electrons. The summed E-state index contributed by atoms with van der Waals surface area (Å²) in [6, 6.07) is 23.2. The van der Waals surface area contributed by atoms with Gasteiger partial charge < -0.3 is 4.90 Å². The van der Waals surface area contributed by atoms with Crippen LogP contribution in [0.2, 0.25) is 0 Å². The van der Waals surface area contributed by atoms with Crippen LogP contribution in [0.1, 0.15) is 32.7 Å². The molecule has 6 heteroatoms. The van der Waals surface area contributed by atoms with E-state index in [4.69, 9.17) is 4.98 Å². The van der Waals surface area contributed by atoms with Gasteiger partial charge in [0.15, 0.2) is 4.96 Å². The lowest BCUT2D eigenvalue weighted by molar-refractivity contribution is 0.0627. The van der Waals surface area contributed by atoms with E-state index in [-0.39, 0.29) is 5.91 Å². The highest BCUT2D eigenvalue weighted by Gasteiger charge is 2.25. The summed E-state index contributed by atoms with van der Waals surface area (Å²) < 4.78 is 3.61. The topological polar surface area (TPSA) is 40.9 Å². The third-order valence-corrected chi connectivity index (χ3v) is 8.16. The van der Waals surface area contributed by atoms with Gasteiger partial charge in [-0.15, -0.1) is 0 Å². The lowest BCUT2D eigenvalue weighted by atomic mass is 10.1. The Morgan fingerprint density at radius 1 is 0.833 bits per heavy atom. The standard InChI is InChI=1S/C30H30N4OS/c1-20-4-9-23(10-5-20)28-26(34-25-13-8-22(3)18-27(25)36-30(34)31-28)19-32-14-16-33(17-15-32)29(35)24-11-6-21(2)7-12-24/h4-13,18H,14-17,19H2,1-3H3. The quantitative estimate of drug-likeness (QED) is 0.303. The maximum absolute atomic E-state index is 13.0. The van der Waals surface area contributed by atoms with E-state index in [1.54, 1.807) is 11.3 Å². The van der Waals surface area contributed by atoms with Gasteiger partial charge in [-0.05, 0) is 50.6 Å². The van der Waals surface area contributed by atoms with Crippen molar-refractivity contribution in [3.63, 3.8) is 0 Å². The number of carbonyl (C=O) groups excluding carboxylic acids is 1. The molecule has 0 saturated carbocycles. The van der Waals surface area contributed by atoms with Gasteiger partial charge >= 0.3 is 0 Å². The molecule has 1 aliphatic heterocycles. The number of thiazole rings is 1. The van der Waals surface area contributed by atoms with E-state index in [1.165, 1.54) is 32.6 Å². The minimum atomic E-state index is 0.126. The fourth-order valence-electron chi connectivity index (χ4n) is 5.02. The predicted molar refractivity (Wildman–Crippen MR) is 148 cm³/mol. The maximum atomic E-state index is 13.0. The highest BCUT2D eigenvalue weighted by molar-refractivity contribution is 7.23. The van der Waals surface area contributed by atoms with Gasteiger partial charge in [0.05, 0.1) is 21.6 Å². The van der Waals surface area contributed by atoms with E-state index in [1.807, 2.05) is 36.1 Å². The van der Waals surface area contributed by atoms with Crippen LogP contribution >= 0.6 is 11.3 Å². The Morgan fingerprint density at radius 3 is 2.17 bits per heavy atom. The molecule has 2 aromatic heterocycles. The zero-order valence-electron chi connectivity index (χ0n) is 21.0. The van der Waals surface area contributed by atoms with Gasteiger partial charge in [-0.2, -0.15) is 0 Å². The van der Waals surface area contributed by atoms with Crippen LogP contribution in [0, 0.1) is 20.8 Å². The van der Waals surface area contributed by atoms with Crippen molar-refractivity contribution in [2.75, 3.05) is 26.2 Å². The van der Waals surface area contributed by atoms with E-state index < -0.39 is 0 Å². The number of fused-ring (bicyclic) bond motifs is 3. The third-order valence-electron chi connectivity index (χ3n) is 7.16. The van der Waals surface area contributed by atoms with Crippen molar-refractivity contribution in [1.82, 2.24) is 19.2 Å². The van der Waals surface area contributed by atoms with E-state index in [0.29, 0.717) is 0 Å². The zero-order valence-corrected chi connectivity index (χ0v) is 21.8. The van der Waals surface area contributed by atoms with E-state index in [0.717, 1.165) is 54.5 Å². The summed E-state index contributed by atoms with van der Waals surface area (Å²) in [5.41, 5.74) is 9.11. The molecule has 36 heavy (non-hydrogen) atoms. The second-order valence-electron chi connectivity index (χ2n) is 9.90. The highest BCUT2D eigenvalue weighted by atomic mass is 32.1. The van der Waals surface area contributed by atoms with Crippen molar-refractivity contribution in [2.24, 2.45) is 0 Å². The van der Waals surface area contributed by atoms with Crippen molar-refractivity contribution >= 4 is 32.4 Å². The number of piperazine rings is 1. The fraction of sp³-hybridized carbons (Fsp3) is 0.267. The Balaban J connectivity index is 1.30. The number of imidazole rings is 1. The largest absolute Gasteiger partial charge is 0.336 e. The molecular formula is C30H30N4OS. The van der Waals surface area contributed by atoms with Gasteiger partial charge in [0, 0.05) is 43.9 Å². The number of hydrogen-bond donors (Lipinski definition) is 0. The van der Waals surface area contributed by atoms with Gasteiger partial charge in [0.2, 0.25) is 0 Å². The van der Waals surface area contributed by atoms with Crippen LogP contribution in [0.4, 0.5) is 0 Å². The minimum Gasteiger partial charge on any atom is -0.336 e. The molecule has 5 aromatic rings. The molecule has 1 saturated heterocycles. The summed E-state index contributed by atoms with van der Waals surface area (Å²) in [6.07, 6.45) is 0. The summed E-state index contributed by atoms with van der Waals surface area (Å²) in [4.78, 5) is 23.6. The molecule has 3 aromatic carbocycles. The van der Waals surface area contributed by atoms with Crippen LogP contribution in [-0.2, 0) is 6.54 Å². The molecule has 0 aliphatic carbocycles. The Kier molecular flexibility index (Phi) is 5.86. The fourth-order valence-corrected chi connectivity index (χ4v) is 6.16. The number of hydrogen-bond acceptors (Lipinski definition) is 4. The Bertz CT molecular complexity index is 1560. The summed E-state index contributed by atoms with van der Waals surface area (Å²) >= 11 is 1.75. The Labute approximate surface area is 215 Å². The van der Waals surface area contributed by atoms with Crippen molar-refractivity contribution in [1.29, 1.82) is 0 Å². The van der Waals surface area contributed by atoms with Crippen molar-refractivity contribution in [3.8, 4) is 11.3 Å². The summed E-state index contributed by atoms with van der Waals surface area (Å²) in [5, 5.41) is 0. The lowest BCUT2D eigenvalue weighted by Crippen LogP contribution is -2.48. The smallest absolute Gasteiger partial charge is 0.253 e. The number of benzene rings is 3. The van der Waals surface area contributed by atoms with Crippen LogP contribution in [0.25, 0.3) is 26.4 Å². The second kappa shape index (κ2) is 9.19. The number of nitrogens with zero attached hydrogens (tertiary/aromatic N) is 4. The molecule has 5 nitrogen and oxygen atoms in total.